The highest BCUT2D eigenvalue weighted by atomic mass is 32.2. The predicted octanol–water partition coefficient (Wildman–Crippen LogP) is 5.90. The fraction of sp³-hybridized carbons (Fsp3) is 0.111. The minimum absolute atomic E-state index is 0.0263. The Morgan fingerprint density at radius 3 is 2.35 bits per heavy atom. The monoisotopic (exact) mass is 467 g/mol. The second-order valence-electron chi connectivity index (χ2n) is 7.85. The maximum absolute atomic E-state index is 10.9. The Morgan fingerprint density at radius 1 is 0.882 bits per heavy atom. The highest BCUT2D eigenvalue weighted by Gasteiger charge is 2.18. The Bertz CT molecular complexity index is 1450. The van der Waals surface area contributed by atoms with Gasteiger partial charge in [-0.05, 0) is 63.4 Å². The van der Waals surface area contributed by atoms with Crippen molar-refractivity contribution in [2.75, 3.05) is 12.9 Å². The number of nitrogens with zero attached hydrogens (tertiary/aromatic N) is 3. The summed E-state index contributed by atoms with van der Waals surface area (Å²) < 4.78 is 5.21. The van der Waals surface area contributed by atoms with Crippen LogP contribution in [-0.2, 0) is 4.79 Å². The molecule has 1 aliphatic rings. The molecule has 0 saturated carbocycles. The Kier molecular flexibility index (Phi) is 6.10. The standard InChI is InChI=1S/C27H21N3O3S/c1-33-25-9-8-20(15-28-25)22-11-21(19-7-6-17-4-2-3-5-18(17)10-19)12-23(13-22)24-14-26(30-29-24)34-16-27(31)32/h2-13,15H,14,16H2,1H3,(H,31,32). The third-order valence-electron chi connectivity index (χ3n) is 5.59. The zero-order chi connectivity index (χ0) is 23.5. The summed E-state index contributed by atoms with van der Waals surface area (Å²) in [6.45, 7) is 0. The first-order chi connectivity index (χ1) is 16.6. The number of fused-ring (bicyclic) bond motifs is 1. The van der Waals surface area contributed by atoms with E-state index in [0.717, 1.165) is 33.5 Å². The largest absolute Gasteiger partial charge is 0.481 e. The minimum Gasteiger partial charge on any atom is -0.481 e. The second-order valence-corrected chi connectivity index (χ2v) is 8.90. The van der Waals surface area contributed by atoms with Crippen molar-refractivity contribution in [3.8, 4) is 28.1 Å². The Morgan fingerprint density at radius 2 is 1.62 bits per heavy atom. The number of benzene rings is 3. The molecule has 1 aliphatic heterocycles. The summed E-state index contributed by atoms with van der Waals surface area (Å²) in [6, 6.07) is 24.9. The molecule has 2 heterocycles. The van der Waals surface area contributed by atoms with E-state index < -0.39 is 5.97 Å². The molecule has 5 rings (SSSR count). The number of hydrogen-bond donors (Lipinski definition) is 1. The molecule has 1 aromatic heterocycles. The lowest BCUT2D eigenvalue weighted by Crippen LogP contribution is -2.05. The Hall–Kier alpha value is -3.97. The van der Waals surface area contributed by atoms with E-state index in [4.69, 9.17) is 9.84 Å². The van der Waals surface area contributed by atoms with Crippen LogP contribution in [-0.4, -0.2) is 39.7 Å². The molecular formula is C27H21N3O3S. The summed E-state index contributed by atoms with van der Waals surface area (Å²) >= 11 is 1.21. The van der Waals surface area contributed by atoms with E-state index in [1.165, 1.54) is 22.5 Å². The summed E-state index contributed by atoms with van der Waals surface area (Å²) in [7, 11) is 1.60. The minimum atomic E-state index is -0.867. The number of hydrogen-bond acceptors (Lipinski definition) is 6. The van der Waals surface area contributed by atoms with Gasteiger partial charge in [0.15, 0.2) is 0 Å². The number of rotatable bonds is 6. The summed E-state index contributed by atoms with van der Waals surface area (Å²) in [4.78, 5) is 15.3. The third-order valence-corrected chi connectivity index (χ3v) is 6.54. The number of ether oxygens (including phenoxy) is 1. The zero-order valence-corrected chi connectivity index (χ0v) is 19.2. The Balaban J connectivity index is 1.55. The van der Waals surface area contributed by atoms with Crippen LogP contribution >= 0.6 is 11.8 Å². The molecule has 0 amide bonds. The SMILES string of the molecule is COc1ccc(-c2cc(C3=NN=C(SCC(=O)O)C3)cc(-c3ccc4ccccc4c3)c2)cn1. The van der Waals surface area contributed by atoms with Crippen LogP contribution in [0.4, 0.5) is 0 Å². The van der Waals surface area contributed by atoms with Gasteiger partial charge in [0, 0.05) is 24.2 Å². The van der Waals surface area contributed by atoms with Gasteiger partial charge < -0.3 is 9.84 Å². The number of carboxylic acids is 1. The summed E-state index contributed by atoms with van der Waals surface area (Å²) in [5.74, 6) is -0.335. The van der Waals surface area contributed by atoms with E-state index in [1.807, 2.05) is 24.3 Å². The second kappa shape index (κ2) is 9.49. The average molecular weight is 468 g/mol. The summed E-state index contributed by atoms with van der Waals surface area (Å²) in [5.41, 5.74) is 5.89. The van der Waals surface area contributed by atoms with Crippen molar-refractivity contribution < 1.29 is 14.6 Å². The van der Waals surface area contributed by atoms with Gasteiger partial charge in [0.05, 0.1) is 18.6 Å². The highest BCUT2D eigenvalue weighted by molar-refractivity contribution is 8.14. The lowest BCUT2D eigenvalue weighted by Gasteiger charge is -2.12. The molecule has 3 aromatic carbocycles. The van der Waals surface area contributed by atoms with Crippen molar-refractivity contribution in [1.82, 2.24) is 4.98 Å². The smallest absolute Gasteiger partial charge is 0.313 e. The number of thioether (sulfide) groups is 1. The van der Waals surface area contributed by atoms with Gasteiger partial charge in [0.2, 0.25) is 5.88 Å². The Labute approximate surface area is 201 Å². The lowest BCUT2D eigenvalue weighted by atomic mass is 9.93. The fourth-order valence-electron chi connectivity index (χ4n) is 3.88. The van der Waals surface area contributed by atoms with Crippen molar-refractivity contribution in [3.05, 3.63) is 84.6 Å². The number of aliphatic carboxylic acids is 1. The van der Waals surface area contributed by atoms with Crippen LogP contribution in [0.2, 0.25) is 0 Å². The van der Waals surface area contributed by atoms with Gasteiger partial charge in [-0.2, -0.15) is 5.10 Å². The van der Waals surface area contributed by atoms with E-state index in [1.54, 1.807) is 13.3 Å². The molecule has 0 unspecified atom stereocenters. The quantitative estimate of drug-likeness (QED) is 0.382. The molecular weight excluding hydrogens is 446 g/mol. The van der Waals surface area contributed by atoms with E-state index in [0.29, 0.717) is 17.3 Å². The molecule has 0 radical (unpaired) electrons. The molecule has 0 bridgehead atoms. The average Bonchev–Trinajstić information content (AvgIpc) is 3.36. The zero-order valence-electron chi connectivity index (χ0n) is 18.4. The van der Waals surface area contributed by atoms with Gasteiger partial charge in [-0.15, -0.1) is 5.10 Å². The van der Waals surface area contributed by atoms with Gasteiger partial charge in [-0.1, -0.05) is 48.2 Å². The van der Waals surface area contributed by atoms with Crippen molar-refractivity contribution in [3.63, 3.8) is 0 Å². The van der Waals surface area contributed by atoms with Gasteiger partial charge in [0.1, 0.15) is 5.04 Å². The molecule has 0 aliphatic carbocycles. The maximum atomic E-state index is 10.9. The summed E-state index contributed by atoms with van der Waals surface area (Å²) in [6.07, 6.45) is 2.31. The van der Waals surface area contributed by atoms with Crippen LogP contribution in [0.5, 0.6) is 5.88 Å². The molecule has 0 saturated heterocycles. The van der Waals surface area contributed by atoms with E-state index in [-0.39, 0.29) is 5.75 Å². The molecule has 7 heteroatoms. The van der Waals surface area contributed by atoms with Crippen molar-refractivity contribution in [2.24, 2.45) is 10.2 Å². The number of carboxylic acid groups (broad SMARTS) is 1. The van der Waals surface area contributed by atoms with Crippen LogP contribution < -0.4 is 4.74 Å². The lowest BCUT2D eigenvalue weighted by molar-refractivity contribution is -0.133. The third kappa shape index (κ3) is 4.70. The van der Waals surface area contributed by atoms with Crippen LogP contribution in [0.3, 0.4) is 0 Å². The molecule has 1 N–H and O–H groups in total. The van der Waals surface area contributed by atoms with Crippen LogP contribution in [0.25, 0.3) is 33.0 Å². The van der Waals surface area contributed by atoms with Crippen molar-refractivity contribution in [1.29, 1.82) is 0 Å². The van der Waals surface area contributed by atoms with E-state index in [2.05, 4.69) is 63.7 Å². The number of methoxy groups -OCH3 is 1. The van der Waals surface area contributed by atoms with E-state index in [9.17, 15) is 4.79 Å². The first kappa shape index (κ1) is 21.9. The number of aromatic nitrogens is 1. The predicted molar refractivity (Wildman–Crippen MR) is 138 cm³/mol. The molecule has 168 valence electrons. The van der Waals surface area contributed by atoms with Crippen LogP contribution in [0.15, 0.2) is 89.2 Å². The fourth-order valence-corrected chi connectivity index (χ4v) is 4.51. The van der Waals surface area contributed by atoms with Gasteiger partial charge >= 0.3 is 5.97 Å². The first-order valence-corrected chi connectivity index (χ1v) is 11.7. The molecule has 0 spiro atoms. The molecule has 0 fully saturated rings. The van der Waals surface area contributed by atoms with Crippen LogP contribution in [0.1, 0.15) is 12.0 Å². The van der Waals surface area contributed by atoms with Crippen molar-refractivity contribution >= 4 is 39.3 Å². The van der Waals surface area contributed by atoms with Gasteiger partial charge in [-0.25, -0.2) is 4.98 Å². The maximum Gasteiger partial charge on any atom is 0.313 e. The van der Waals surface area contributed by atoms with Crippen molar-refractivity contribution in [2.45, 2.75) is 6.42 Å². The number of carbonyl (C=O) groups is 1. The molecule has 34 heavy (non-hydrogen) atoms. The van der Waals surface area contributed by atoms with E-state index >= 15 is 0 Å². The summed E-state index contributed by atoms with van der Waals surface area (Å²) in [5, 5.41) is 20.6. The normalized spacial score (nSPS) is 13.0. The number of pyridine rings is 1. The molecule has 0 atom stereocenters. The molecule has 4 aromatic rings. The van der Waals surface area contributed by atoms with Gasteiger partial charge in [-0.3, -0.25) is 4.79 Å². The first-order valence-electron chi connectivity index (χ1n) is 10.7. The highest BCUT2D eigenvalue weighted by Crippen LogP contribution is 2.32. The topological polar surface area (TPSA) is 84.1 Å². The van der Waals surface area contributed by atoms with Gasteiger partial charge in [0.25, 0.3) is 0 Å². The molecule has 6 nitrogen and oxygen atoms in total. The van der Waals surface area contributed by atoms with Crippen LogP contribution in [0, 0.1) is 0 Å².